The molecule has 3 heterocycles. The van der Waals surface area contributed by atoms with Gasteiger partial charge in [0.1, 0.15) is 5.65 Å². The third kappa shape index (κ3) is 4.91. The number of aliphatic hydroxyl groups is 1. The highest BCUT2D eigenvalue weighted by atomic mass is 32.2. The topological polar surface area (TPSA) is 141 Å². The molecule has 2 fully saturated rings. The molecule has 1 saturated heterocycles. The van der Waals surface area contributed by atoms with Crippen molar-refractivity contribution in [2.45, 2.75) is 67.2 Å². The van der Waals surface area contributed by atoms with Crippen molar-refractivity contribution in [1.29, 1.82) is 5.26 Å². The Bertz CT molecular complexity index is 1550. The van der Waals surface area contributed by atoms with Gasteiger partial charge in [0.15, 0.2) is 9.84 Å². The molecule has 1 aliphatic heterocycles. The second-order valence-electron chi connectivity index (χ2n) is 10.6. The summed E-state index contributed by atoms with van der Waals surface area (Å²) in [6, 6.07) is 9.75. The number of nitriles is 1. The van der Waals surface area contributed by atoms with Crippen molar-refractivity contribution in [2.75, 3.05) is 25.5 Å². The first-order chi connectivity index (χ1) is 18.1. The van der Waals surface area contributed by atoms with Gasteiger partial charge < -0.3 is 15.3 Å². The molecule has 2 aliphatic rings. The first-order valence-electron chi connectivity index (χ1n) is 12.9. The average Bonchev–Trinajstić information content (AvgIpc) is 3.24. The number of rotatable bonds is 6. The Balaban J connectivity index is 1.46. The standard InChI is InChI=1S/C27H32N6O4S/c1-27(35)12-3-4-23(27)33-24-19(16-18(9-13-28)25(33)34)17-29-26(31-24)30-20-5-7-21(8-6-20)38(36,37)22-10-14-32(2)15-11-22/h5-8,16-17,22-23,35H,3-4,9-12,14-15H2,1-2H3,(H,29,30,31)/t23-,27-/m1/s1. The fraction of sp³-hybridized carbons (Fsp3) is 0.481. The van der Waals surface area contributed by atoms with E-state index in [1.807, 2.05) is 13.1 Å². The molecule has 1 saturated carbocycles. The third-order valence-corrected chi connectivity index (χ3v) is 10.1. The van der Waals surface area contributed by atoms with Gasteiger partial charge in [-0.25, -0.2) is 13.4 Å². The van der Waals surface area contributed by atoms with Crippen molar-refractivity contribution in [2.24, 2.45) is 0 Å². The highest BCUT2D eigenvalue weighted by Gasteiger charge is 2.40. The molecule has 0 bridgehead atoms. The van der Waals surface area contributed by atoms with Crippen LogP contribution in [0.15, 0.2) is 46.2 Å². The molecule has 2 atom stereocenters. The summed E-state index contributed by atoms with van der Waals surface area (Å²) in [4.78, 5) is 24.8. The number of nitrogens with one attached hydrogen (secondary N) is 1. The molecular formula is C27H32N6O4S. The van der Waals surface area contributed by atoms with Crippen LogP contribution in [0.5, 0.6) is 0 Å². The highest BCUT2D eigenvalue weighted by Crippen LogP contribution is 2.39. The van der Waals surface area contributed by atoms with E-state index in [0.717, 1.165) is 19.5 Å². The molecule has 0 spiro atoms. The second-order valence-corrected chi connectivity index (χ2v) is 12.8. The number of piperidine rings is 1. The van der Waals surface area contributed by atoms with E-state index in [4.69, 9.17) is 0 Å². The number of anilines is 2. The molecular weight excluding hydrogens is 504 g/mol. The Labute approximate surface area is 221 Å². The number of pyridine rings is 1. The van der Waals surface area contributed by atoms with E-state index in [2.05, 4.69) is 20.2 Å². The van der Waals surface area contributed by atoms with Gasteiger partial charge in [-0.15, -0.1) is 0 Å². The summed E-state index contributed by atoms with van der Waals surface area (Å²) < 4.78 is 27.7. The minimum absolute atomic E-state index is 0.0452. The molecule has 1 aliphatic carbocycles. The van der Waals surface area contributed by atoms with E-state index < -0.39 is 21.5 Å². The average molecular weight is 537 g/mol. The molecule has 0 radical (unpaired) electrons. The number of benzene rings is 1. The van der Waals surface area contributed by atoms with Crippen LogP contribution in [0.3, 0.4) is 0 Å². The number of sulfone groups is 1. The summed E-state index contributed by atoms with van der Waals surface area (Å²) >= 11 is 0. The lowest BCUT2D eigenvalue weighted by atomic mass is 9.99. The molecule has 200 valence electrons. The van der Waals surface area contributed by atoms with Crippen LogP contribution in [0.2, 0.25) is 0 Å². The summed E-state index contributed by atoms with van der Waals surface area (Å²) in [7, 11) is -1.42. The molecule has 3 aromatic rings. The van der Waals surface area contributed by atoms with Crippen LogP contribution < -0.4 is 10.9 Å². The van der Waals surface area contributed by atoms with Crippen LogP contribution in [-0.4, -0.2) is 63.9 Å². The smallest absolute Gasteiger partial charge is 0.256 e. The van der Waals surface area contributed by atoms with Gasteiger partial charge in [0, 0.05) is 22.8 Å². The van der Waals surface area contributed by atoms with Gasteiger partial charge in [-0.3, -0.25) is 9.36 Å². The van der Waals surface area contributed by atoms with Gasteiger partial charge in [0.05, 0.1) is 34.3 Å². The maximum absolute atomic E-state index is 13.4. The molecule has 2 N–H and O–H groups in total. The SMILES string of the molecule is CN1CCC(S(=O)(=O)c2ccc(Nc3ncc4cc(CC#N)c(=O)n([C@@H]5CCC[C@@]5(C)O)c4n3)cc2)CC1. The van der Waals surface area contributed by atoms with Crippen molar-refractivity contribution in [3.8, 4) is 6.07 Å². The maximum atomic E-state index is 13.4. The molecule has 2 aromatic heterocycles. The van der Waals surface area contributed by atoms with E-state index in [-0.39, 0.29) is 23.2 Å². The Kier molecular flexibility index (Phi) is 6.98. The van der Waals surface area contributed by atoms with Gasteiger partial charge in [0.25, 0.3) is 5.56 Å². The molecule has 11 heteroatoms. The van der Waals surface area contributed by atoms with E-state index >= 15 is 0 Å². The lowest BCUT2D eigenvalue weighted by Crippen LogP contribution is -2.38. The number of fused-ring (bicyclic) bond motifs is 1. The first kappa shape index (κ1) is 26.3. The molecule has 38 heavy (non-hydrogen) atoms. The molecule has 0 unspecified atom stereocenters. The summed E-state index contributed by atoms with van der Waals surface area (Å²) in [6.45, 7) is 3.26. The number of likely N-dealkylation sites (tertiary alicyclic amines) is 1. The summed E-state index contributed by atoms with van der Waals surface area (Å²) in [6.07, 6.45) is 4.75. The normalized spacial score (nSPS) is 22.9. The second kappa shape index (κ2) is 10.1. The van der Waals surface area contributed by atoms with Crippen LogP contribution in [0.4, 0.5) is 11.6 Å². The van der Waals surface area contributed by atoms with E-state index in [1.165, 1.54) is 4.57 Å². The zero-order valence-electron chi connectivity index (χ0n) is 21.6. The lowest BCUT2D eigenvalue weighted by Gasteiger charge is -2.28. The van der Waals surface area contributed by atoms with Crippen LogP contribution in [0, 0.1) is 11.3 Å². The molecule has 10 nitrogen and oxygen atoms in total. The zero-order chi connectivity index (χ0) is 27.1. The predicted octanol–water partition coefficient (Wildman–Crippen LogP) is 2.95. The molecule has 0 amide bonds. The summed E-state index contributed by atoms with van der Waals surface area (Å²) in [5.74, 6) is 0.238. The van der Waals surface area contributed by atoms with Gasteiger partial charge in [-0.2, -0.15) is 10.2 Å². The first-order valence-corrected chi connectivity index (χ1v) is 14.4. The lowest BCUT2D eigenvalue weighted by molar-refractivity contribution is 0.0266. The van der Waals surface area contributed by atoms with Gasteiger partial charge in [-0.1, -0.05) is 0 Å². The highest BCUT2D eigenvalue weighted by molar-refractivity contribution is 7.92. The van der Waals surface area contributed by atoms with E-state index in [0.29, 0.717) is 52.9 Å². The quantitative estimate of drug-likeness (QED) is 0.486. The fourth-order valence-electron chi connectivity index (χ4n) is 5.62. The Morgan fingerprint density at radius 2 is 1.92 bits per heavy atom. The maximum Gasteiger partial charge on any atom is 0.256 e. The number of hydrogen-bond donors (Lipinski definition) is 2. The van der Waals surface area contributed by atoms with E-state index in [9.17, 15) is 23.6 Å². The van der Waals surface area contributed by atoms with Crippen molar-refractivity contribution in [3.05, 3.63) is 52.4 Å². The Morgan fingerprint density at radius 3 is 2.55 bits per heavy atom. The predicted molar refractivity (Wildman–Crippen MR) is 144 cm³/mol. The van der Waals surface area contributed by atoms with Crippen molar-refractivity contribution >= 4 is 32.5 Å². The van der Waals surface area contributed by atoms with Gasteiger partial charge in [-0.05, 0) is 89.5 Å². The summed E-state index contributed by atoms with van der Waals surface area (Å²) in [5.41, 5.74) is -0.0829. The van der Waals surface area contributed by atoms with Crippen molar-refractivity contribution in [3.63, 3.8) is 0 Å². The monoisotopic (exact) mass is 536 g/mol. The van der Waals surface area contributed by atoms with Crippen molar-refractivity contribution < 1.29 is 13.5 Å². The zero-order valence-corrected chi connectivity index (χ0v) is 22.4. The largest absolute Gasteiger partial charge is 0.388 e. The number of aromatic nitrogens is 3. The molecule has 1 aromatic carbocycles. The van der Waals surface area contributed by atoms with Crippen LogP contribution in [0.1, 0.15) is 50.6 Å². The third-order valence-electron chi connectivity index (χ3n) is 7.85. The van der Waals surface area contributed by atoms with Crippen LogP contribution in [0.25, 0.3) is 11.0 Å². The minimum atomic E-state index is -3.41. The Hall–Kier alpha value is -3.33. The fourth-order valence-corrected chi connectivity index (χ4v) is 7.35. The van der Waals surface area contributed by atoms with Crippen molar-refractivity contribution in [1.82, 2.24) is 19.4 Å². The minimum Gasteiger partial charge on any atom is -0.388 e. The number of hydrogen-bond acceptors (Lipinski definition) is 9. The Morgan fingerprint density at radius 1 is 1.21 bits per heavy atom. The molecule has 5 rings (SSSR count). The van der Waals surface area contributed by atoms with Gasteiger partial charge in [0.2, 0.25) is 5.95 Å². The number of nitrogens with zero attached hydrogens (tertiary/aromatic N) is 5. The van der Waals surface area contributed by atoms with Gasteiger partial charge >= 0.3 is 0 Å². The summed E-state index contributed by atoms with van der Waals surface area (Å²) in [5, 5.41) is 23.5. The van der Waals surface area contributed by atoms with E-state index in [1.54, 1.807) is 43.5 Å². The van der Waals surface area contributed by atoms with Crippen LogP contribution >= 0.6 is 0 Å². The van der Waals surface area contributed by atoms with Crippen LogP contribution in [-0.2, 0) is 16.3 Å².